The second-order valence-electron chi connectivity index (χ2n) is 3.71. The number of aliphatic hydroxyl groups is 2. The van der Waals surface area contributed by atoms with Gasteiger partial charge in [0.25, 0.3) is 0 Å². The Kier molecular flexibility index (Phi) is 3.43. The molecule has 5 heteroatoms. The van der Waals surface area contributed by atoms with Gasteiger partial charge in [0.1, 0.15) is 6.10 Å². The quantitative estimate of drug-likeness (QED) is 0.711. The van der Waals surface area contributed by atoms with Crippen molar-refractivity contribution < 1.29 is 10.2 Å². The Hall–Kier alpha value is -1.10. The van der Waals surface area contributed by atoms with Crippen LogP contribution < -0.4 is 0 Å². The summed E-state index contributed by atoms with van der Waals surface area (Å²) < 4.78 is 0. The normalized spacial score (nSPS) is 15.2. The molecule has 2 aromatic rings. The summed E-state index contributed by atoms with van der Waals surface area (Å²) >= 11 is 5.52. The number of aromatic nitrogens is 2. The first-order chi connectivity index (χ1) is 7.72. The molecule has 1 aromatic carbocycles. The van der Waals surface area contributed by atoms with Crippen molar-refractivity contribution in [3.8, 4) is 0 Å². The first kappa shape index (κ1) is 11.4. The van der Waals surface area contributed by atoms with Crippen molar-refractivity contribution in [2.75, 3.05) is 5.88 Å². The molecular formula is C11H13ClN2O2. The van der Waals surface area contributed by atoms with Crippen molar-refractivity contribution in [2.45, 2.75) is 18.6 Å². The maximum absolute atomic E-state index is 9.87. The molecule has 16 heavy (non-hydrogen) atoms. The molecule has 2 rings (SSSR count). The summed E-state index contributed by atoms with van der Waals surface area (Å²) in [6, 6.07) is 5.41. The first-order valence-corrected chi connectivity index (χ1v) is 5.61. The van der Waals surface area contributed by atoms with Crippen LogP contribution in [0.25, 0.3) is 10.9 Å². The molecule has 4 nitrogen and oxygen atoms in total. The molecule has 0 aliphatic heterocycles. The van der Waals surface area contributed by atoms with Gasteiger partial charge in [0, 0.05) is 11.3 Å². The molecule has 2 atom stereocenters. The monoisotopic (exact) mass is 240 g/mol. The first-order valence-electron chi connectivity index (χ1n) is 5.07. The van der Waals surface area contributed by atoms with Crippen LogP contribution >= 0.6 is 11.6 Å². The zero-order chi connectivity index (χ0) is 11.5. The number of hydrogen-bond donors (Lipinski definition) is 3. The van der Waals surface area contributed by atoms with Gasteiger partial charge in [-0.05, 0) is 18.1 Å². The number of benzene rings is 1. The van der Waals surface area contributed by atoms with Gasteiger partial charge in [0.2, 0.25) is 0 Å². The lowest BCUT2D eigenvalue weighted by Gasteiger charge is -2.17. The smallest absolute Gasteiger partial charge is 0.105 e. The molecule has 0 aliphatic rings. The average molecular weight is 241 g/mol. The van der Waals surface area contributed by atoms with Crippen molar-refractivity contribution in [3.63, 3.8) is 0 Å². The number of rotatable bonds is 4. The second-order valence-corrected chi connectivity index (χ2v) is 4.08. The molecule has 2 unspecified atom stereocenters. The number of fused-ring (bicyclic) bond motifs is 1. The third kappa shape index (κ3) is 2.19. The summed E-state index contributed by atoms with van der Waals surface area (Å²) in [5, 5.41) is 27.2. The molecule has 0 bridgehead atoms. The molecule has 0 spiro atoms. The summed E-state index contributed by atoms with van der Waals surface area (Å²) in [6.45, 7) is 0. The van der Waals surface area contributed by atoms with E-state index in [0.717, 1.165) is 10.9 Å². The van der Waals surface area contributed by atoms with Gasteiger partial charge in [0.05, 0.1) is 17.8 Å². The summed E-state index contributed by atoms with van der Waals surface area (Å²) in [4.78, 5) is 0. The number of halogens is 1. The maximum atomic E-state index is 9.87. The van der Waals surface area contributed by atoms with E-state index in [2.05, 4.69) is 10.2 Å². The fourth-order valence-electron chi connectivity index (χ4n) is 1.63. The molecule has 3 N–H and O–H groups in total. The summed E-state index contributed by atoms with van der Waals surface area (Å²) in [7, 11) is 0. The van der Waals surface area contributed by atoms with Crippen LogP contribution in [0.1, 0.15) is 18.1 Å². The Morgan fingerprint density at radius 3 is 2.94 bits per heavy atom. The highest BCUT2D eigenvalue weighted by atomic mass is 35.5. The van der Waals surface area contributed by atoms with Crippen LogP contribution in [0, 0.1) is 0 Å². The van der Waals surface area contributed by atoms with Crippen LogP contribution in [0.15, 0.2) is 24.4 Å². The van der Waals surface area contributed by atoms with E-state index in [9.17, 15) is 10.2 Å². The number of nitrogens with zero attached hydrogens (tertiary/aromatic N) is 1. The van der Waals surface area contributed by atoms with Crippen LogP contribution in [0.4, 0.5) is 0 Å². The molecule has 86 valence electrons. The van der Waals surface area contributed by atoms with Gasteiger partial charge in [-0.25, -0.2) is 0 Å². The van der Waals surface area contributed by atoms with Gasteiger partial charge >= 0.3 is 0 Å². The Labute approximate surface area is 97.9 Å². The van der Waals surface area contributed by atoms with Gasteiger partial charge < -0.3 is 10.2 Å². The predicted octanol–water partition coefficient (Wildman–Crippen LogP) is 1.59. The van der Waals surface area contributed by atoms with E-state index >= 15 is 0 Å². The fraction of sp³-hybridized carbons (Fsp3) is 0.364. The Morgan fingerprint density at radius 1 is 1.38 bits per heavy atom. The highest BCUT2D eigenvalue weighted by Gasteiger charge is 2.18. The zero-order valence-electron chi connectivity index (χ0n) is 8.60. The molecule has 0 saturated carbocycles. The molecule has 0 amide bonds. The van der Waals surface area contributed by atoms with Gasteiger partial charge in [-0.1, -0.05) is 12.1 Å². The van der Waals surface area contributed by atoms with Crippen LogP contribution in [0.2, 0.25) is 0 Å². The summed E-state index contributed by atoms with van der Waals surface area (Å²) in [5.41, 5.74) is 1.50. The van der Waals surface area contributed by atoms with E-state index in [1.54, 1.807) is 18.3 Å². The lowest BCUT2D eigenvalue weighted by molar-refractivity contribution is 0.0171. The Balaban J connectivity index is 2.24. The van der Waals surface area contributed by atoms with E-state index in [1.165, 1.54) is 0 Å². The number of nitrogens with one attached hydrogen (secondary N) is 1. The minimum Gasteiger partial charge on any atom is -0.390 e. The summed E-state index contributed by atoms with van der Waals surface area (Å²) in [5.74, 6) is 0.324. The SMILES string of the molecule is OC(CCCl)C(O)c1ccc2cn[nH]c2c1. The minimum atomic E-state index is -0.911. The van der Waals surface area contributed by atoms with Crippen LogP contribution in [0.3, 0.4) is 0 Å². The average Bonchev–Trinajstić information content (AvgIpc) is 2.75. The van der Waals surface area contributed by atoms with E-state index in [-0.39, 0.29) is 0 Å². The zero-order valence-corrected chi connectivity index (χ0v) is 9.35. The fourth-order valence-corrected chi connectivity index (χ4v) is 1.85. The van der Waals surface area contributed by atoms with Crippen molar-refractivity contribution in [3.05, 3.63) is 30.0 Å². The van der Waals surface area contributed by atoms with Crippen LogP contribution in [0.5, 0.6) is 0 Å². The van der Waals surface area contributed by atoms with Crippen molar-refractivity contribution in [2.24, 2.45) is 0 Å². The van der Waals surface area contributed by atoms with E-state index < -0.39 is 12.2 Å². The maximum Gasteiger partial charge on any atom is 0.105 e. The van der Waals surface area contributed by atoms with Crippen molar-refractivity contribution in [1.82, 2.24) is 10.2 Å². The van der Waals surface area contributed by atoms with E-state index in [0.29, 0.717) is 17.9 Å². The number of H-pyrrole nitrogens is 1. The highest BCUT2D eigenvalue weighted by Crippen LogP contribution is 2.22. The topological polar surface area (TPSA) is 69.1 Å². The predicted molar refractivity (Wildman–Crippen MR) is 62.4 cm³/mol. The van der Waals surface area contributed by atoms with Gasteiger partial charge in [-0.15, -0.1) is 11.6 Å². The third-order valence-corrected chi connectivity index (χ3v) is 2.80. The Morgan fingerprint density at radius 2 is 2.19 bits per heavy atom. The van der Waals surface area contributed by atoms with Crippen LogP contribution in [-0.2, 0) is 0 Å². The molecule has 0 aliphatic carbocycles. The number of hydrogen-bond acceptors (Lipinski definition) is 3. The standard InChI is InChI=1S/C11H13ClN2O2/c12-4-3-10(15)11(16)7-1-2-8-6-13-14-9(8)5-7/h1-2,5-6,10-11,15-16H,3-4H2,(H,13,14). The number of aromatic amines is 1. The third-order valence-electron chi connectivity index (χ3n) is 2.58. The largest absolute Gasteiger partial charge is 0.390 e. The van der Waals surface area contributed by atoms with Gasteiger partial charge in [-0.2, -0.15) is 5.10 Å². The molecule has 0 saturated heterocycles. The van der Waals surface area contributed by atoms with E-state index in [4.69, 9.17) is 11.6 Å². The van der Waals surface area contributed by atoms with Crippen molar-refractivity contribution in [1.29, 1.82) is 0 Å². The molecular weight excluding hydrogens is 228 g/mol. The molecule has 0 fully saturated rings. The number of aliphatic hydroxyl groups excluding tert-OH is 2. The number of alkyl halides is 1. The molecule has 0 radical (unpaired) electrons. The van der Waals surface area contributed by atoms with Gasteiger partial charge in [0.15, 0.2) is 0 Å². The van der Waals surface area contributed by atoms with Gasteiger partial charge in [-0.3, -0.25) is 5.10 Å². The highest BCUT2D eigenvalue weighted by molar-refractivity contribution is 6.17. The molecule has 1 aromatic heterocycles. The molecule has 1 heterocycles. The van der Waals surface area contributed by atoms with Crippen molar-refractivity contribution >= 4 is 22.5 Å². The lowest BCUT2D eigenvalue weighted by atomic mass is 10.0. The van der Waals surface area contributed by atoms with Crippen LogP contribution in [-0.4, -0.2) is 32.4 Å². The minimum absolute atomic E-state index is 0.324. The second kappa shape index (κ2) is 4.82. The summed E-state index contributed by atoms with van der Waals surface area (Å²) in [6.07, 6.45) is 0.328. The Bertz CT molecular complexity index is 472. The lowest BCUT2D eigenvalue weighted by Crippen LogP contribution is -2.18. The van der Waals surface area contributed by atoms with E-state index in [1.807, 2.05) is 6.07 Å².